The van der Waals surface area contributed by atoms with Crippen molar-refractivity contribution in [1.29, 1.82) is 0 Å². The van der Waals surface area contributed by atoms with Crippen molar-refractivity contribution in [3.05, 3.63) is 11.8 Å². The van der Waals surface area contributed by atoms with E-state index in [9.17, 15) is 19.2 Å². The maximum atomic E-state index is 12.2. The van der Waals surface area contributed by atoms with Crippen molar-refractivity contribution in [2.45, 2.75) is 18.9 Å². The molecule has 0 saturated carbocycles. The smallest absolute Gasteiger partial charge is 0.277 e. The molecule has 0 aromatic carbocycles. The first kappa shape index (κ1) is 16.1. The summed E-state index contributed by atoms with van der Waals surface area (Å²) in [5.74, 6) is -2.16. The zero-order valence-corrected chi connectivity index (χ0v) is 12.0. The molecule has 0 aromatic heterocycles. The summed E-state index contributed by atoms with van der Waals surface area (Å²) in [6.45, 7) is 1.50. The van der Waals surface area contributed by atoms with Crippen LogP contribution in [0.1, 0.15) is 12.8 Å². The molecule has 0 radical (unpaired) electrons. The molecule has 120 valence electrons. The van der Waals surface area contributed by atoms with Gasteiger partial charge in [-0.05, 0) is 6.42 Å². The summed E-state index contributed by atoms with van der Waals surface area (Å²) in [5, 5.41) is 4.93. The van der Waals surface area contributed by atoms with E-state index >= 15 is 0 Å². The SMILES string of the molecule is NCCOCCNC1=CC(=O)N(C2CCC(=O)NC2=O)C1=O. The third-order valence-corrected chi connectivity index (χ3v) is 3.30. The lowest BCUT2D eigenvalue weighted by Gasteiger charge is -2.28. The van der Waals surface area contributed by atoms with Crippen molar-refractivity contribution in [3.63, 3.8) is 0 Å². The van der Waals surface area contributed by atoms with Crippen LogP contribution in [0.4, 0.5) is 0 Å². The Morgan fingerprint density at radius 3 is 2.77 bits per heavy atom. The number of carbonyl (C=O) groups is 4. The Hall–Kier alpha value is -2.26. The molecule has 4 amide bonds. The molecule has 22 heavy (non-hydrogen) atoms. The Balaban J connectivity index is 1.91. The number of piperidine rings is 1. The molecule has 2 rings (SSSR count). The Kier molecular flexibility index (Phi) is 5.23. The summed E-state index contributed by atoms with van der Waals surface area (Å²) in [5.41, 5.74) is 5.39. The fraction of sp³-hybridized carbons (Fsp3) is 0.538. The van der Waals surface area contributed by atoms with Crippen molar-refractivity contribution in [1.82, 2.24) is 15.5 Å². The van der Waals surface area contributed by atoms with Crippen LogP contribution in [-0.2, 0) is 23.9 Å². The van der Waals surface area contributed by atoms with Gasteiger partial charge in [-0.2, -0.15) is 0 Å². The number of imide groups is 2. The standard InChI is InChI=1S/C13H18N4O5/c14-3-5-22-6-4-15-8-7-11(19)17(13(8)21)9-1-2-10(18)16-12(9)20/h7,9,15H,1-6,14H2,(H,16,18,20). The molecule has 0 aliphatic carbocycles. The van der Waals surface area contributed by atoms with Crippen molar-refractivity contribution in [2.24, 2.45) is 5.73 Å². The number of amides is 4. The highest BCUT2D eigenvalue weighted by molar-refractivity contribution is 6.18. The minimum absolute atomic E-state index is 0.100. The second-order valence-electron chi connectivity index (χ2n) is 4.87. The topological polar surface area (TPSA) is 131 Å². The molecule has 9 heteroatoms. The van der Waals surface area contributed by atoms with Gasteiger partial charge < -0.3 is 15.8 Å². The van der Waals surface area contributed by atoms with E-state index in [0.717, 1.165) is 11.0 Å². The lowest BCUT2D eigenvalue weighted by molar-refractivity contribution is -0.149. The van der Waals surface area contributed by atoms with Crippen molar-refractivity contribution in [2.75, 3.05) is 26.3 Å². The Morgan fingerprint density at radius 2 is 2.09 bits per heavy atom. The monoisotopic (exact) mass is 310 g/mol. The molecule has 2 heterocycles. The van der Waals surface area contributed by atoms with Gasteiger partial charge in [0.05, 0.1) is 13.2 Å². The average Bonchev–Trinajstić information content (AvgIpc) is 2.74. The molecular weight excluding hydrogens is 292 g/mol. The molecular formula is C13H18N4O5. The number of carbonyl (C=O) groups excluding carboxylic acids is 4. The van der Waals surface area contributed by atoms with Crippen molar-refractivity contribution < 1.29 is 23.9 Å². The number of nitrogens with zero attached hydrogens (tertiary/aromatic N) is 1. The van der Waals surface area contributed by atoms with Crippen LogP contribution in [0.25, 0.3) is 0 Å². The maximum Gasteiger partial charge on any atom is 0.277 e. The molecule has 4 N–H and O–H groups in total. The molecule has 1 unspecified atom stereocenters. The minimum Gasteiger partial charge on any atom is -0.378 e. The van der Waals surface area contributed by atoms with Crippen molar-refractivity contribution >= 4 is 23.6 Å². The van der Waals surface area contributed by atoms with Crippen LogP contribution >= 0.6 is 0 Å². The van der Waals surface area contributed by atoms with E-state index < -0.39 is 29.7 Å². The summed E-state index contributed by atoms with van der Waals surface area (Å²) in [7, 11) is 0. The average molecular weight is 310 g/mol. The van der Waals surface area contributed by atoms with Crippen LogP contribution in [0, 0.1) is 0 Å². The fourth-order valence-corrected chi connectivity index (χ4v) is 2.28. The normalized spacial score (nSPS) is 22.0. The molecule has 9 nitrogen and oxygen atoms in total. The number of hydrogen-bond acceptors (Lipinski definition) is 7. The van der Waals surface area contributed by atoms with Gasteiger partial charge in [0.25, 0.3) is 11.8 Å². The highest BCUT2D eigenvalue weighted by Gasteiger charge is 2.42. The molecule has 1 saturated heterocycles. The van der Waals surface area contributed by atoms with Gasteiger partial charge in [-0.3, -0.25) is 29.4 Å². The van der Waals surface area contributed by atoms with Crippen LogP contribution in [0.2, 0.25) is 0 Å². The molecule has 1 fully saturated rings. The number of nitrogens with one attached hydrogen (secondary N) is 2. The third-order valence-electron chi connectivity index (χ3n) is 3.30. The molecule has 1 atom stereocenters. The molecule has 0 bridgehead atoms. The van der Waals surface area contributed by atoms with E-state index in [1.807, 2.05) is 0 Å². The first-order valence-corrected chi connectivity index (χ1v) is 6.99. The Morgan fingerprint density at radius 1 is 1.32 bits per heavy atom. The number of ether oxygens (including phenoxy) is 1. The molecule has 0 aromatic rings. The predicted octanol–water partition coefficient (Wildman–Crippen LogP) is -2.39. The van der Waals surface area contributed by atoms with Crippen LogP contribution < -0.4 is 16.4 Å². The summed E-state index contributed by atoms with van der Waals surface area (Å²) < 4.78 is 5.15. The van der Waals surface area contributed by atoms with Gasteiger partial charge >= 0.3 is 0 Å². The summed E-state index contributed by atoms with van der Waals surface area (Å²) in [6, 6.07) is -0.943. The first-order valence-electron chi connectivity index (χ1n) is 6.99. The summed E-state index contributed by atoms with van der Waals surface area (Å²) in [4.78, 5) is 47.9. The predicted molar refractivity (Wildman–Crippen MR) is 74.0 cm³/mol. The second kappa shape index (κ2) is 7.14. The van der Waals surface area contributed by atoms with E-state index in [-0.39, 0.29) is 18.5 Å². The zero-order chi connectivity index (χ0) is 16.1. The lowest BCUT2D eigenvalue weighted by Crippen LogP contribution is -2.54. The highest BCUT2D eigenvalue weighted by atomic mass is 16.5. The van der Waals surface area contributed by atoms with Crippen molar-refractivity contribution in [3.8, 4) is 0 Å². The number of hydrogen-bond donors (Lipinski definition) is 3. The lowest BCUT2D eigenvalue weighted by atomic mass is 10.0. The molecule has 0 spiro atoms. The largest absolute Gasteiger partial charge is 0.378 e. The summed E-state index contributed by atoms with van der Waals surface area (Å²) in [6.07, 6.45) is 1.39. The Labute approximate surface area is 126 Å². The third kappa shape index (κ3) is 3.49. The van der Waals surface area contributed by atoms with E-state index in [2.05, 4.69) is 10.6 Å². The van der Waals surface area contributed by atoms with Gasteiger partial charge in [-0.15, -0.1) is 0 Å². The van der Waals surface area contributed by atoms with E-state index in [1.165, 1.54) is 0 Å². The van der Waals surface area contributed by atoms with Crippen LogP contribution in [0.15, 0.2) is 11.8 Å². The van der Waals surface area contributed by atoms with Crippen LogP contribution in [-0.4, -0.2) is 60.9 Å². The first-order chi connectivity index (χ1) is 10.5. The van der Waals surface area contributed by atoms with Gasteiger partial charge in [0.15, 0.2) is 0 Å². The van der Waals surface area contributed by atoms with Gasteiger partial charge in [-0.25, -0.2) is 0 Å². The van der Waals surface area contributed by atoms with E-state index in [4.69, 9.17) is 10.5 Å². The number of rotatable bonds is 7. The van der Waals surface area contributed by atoms with Crippen LogP contribution in [0.5, 0.6) is 0 Å². The maximum absolute atomic E-state index is 12.2. The van der Waals surface area contributed by atoms with E-state index in [0.29, 0.717) is 26.3 Å². The quantitative estimate of drug-likeness (QED) is 0.353. The number of nitrogens with two attached hydrogens (primary N) is 1. The highest BCUT2D eigenvalue weighted by Crippen LogP contribution is 2.19. The molecule has 2 aliphatic heterocycles. The van der Waals surface area contributed by atoms with Gasteiger partial charge in [0.2, 0.25) is 11.8 Å². The Bertz CT molecular complexity index is 531. The fourth-order valence-electron chi connectivity index (χ4n) is 2.28. The van der Waals surface area contributed by atoms with Crippen LogP contribution in [0.3, 0.4) is 0 Å². The summed E-state index contributed by atoms with van der Waals surface area (Å²) >= 11 is 0. The van der Waals surface area contributed by atoms with Gasteiger partial charge in [0, 0.05) is 25.6 Å². The second-order valence-corrected chi connectivity index (χ2v) is 4.87. The van der Waals surface area contributed by atoms with Gasteiger partial charge in [-0.1, -0.05) is 0 Å². The van der Waals surface area contributed by atoms with Gasteiger partial charge in [0.1, 0.15) is 11.7 Å². The minimum atomic E-state index is -0.943. The zero-order valence-electron chi connectivity index (χ0n) is 12.0. The van der Waals surface area contributed by atoms with E-state index in [1.54, 1.807) is 0 Å². The molecule has 2 aliphatic rings.